The SMILES string of the molecule is CCOC(=O)C(CSC)C[C@@H]1CCCN1C(=O)OC(C)(C)C. The quantitative estimate of drug-likeness (QED) is 0.699. The Morgan fingerprint density at radius 3 is 2.59 bits per heavy atom. The Balaban J connectivity index is 2.68. The van der Waals surface area contributed by atoms with Crippen molar-refractivity contribution in [3.05, 3.63) is 0 Å². The number of esters is 1. The lowest BCUT2D eigenvalue weighted by molar-refractivity contribution is -0.147. The lowest BCUT2D eigenvalue weighted by Gasteiger charge is -2.30. The van der Waals surface area contributed by atoms with Crippen molar-refractivity contribution in [3.63, 3.8) is 0 Å². The maximum absolute atomic E-state index is 12.3. The Hall–Kier alpha value is -0.910. The zero-order valence-corrected chi connectivity index (χ0v) is 15.2. The lowest BCUT2D eigenvalue weighted by atomic mass is 10.00. The third-order valence-electron chi connectivity index (χ3n) is 3.55. The van der Waals surface area contributed by atoms with E-state index in [1.807, 2.05) is 34.0 Å². The Morgan fingerprint density at radius 1 is 1.36 bits per heavy atom. The number of nitrogens with zero attached hydrogens (tertiary/aromatic N) is 1. The first-order chi connectivity index (χ1) is 10.3. The van der Waals surface area contributed by atoms with E-state index in [4.69, 9.17) is 9.47 Å². The Labute approximate surface area is 138 Å². The Bertz CT molecular complexity index is 381. The van der Waals surface area contributed by atoms with Gasteiger partial charge in [0.15, 0.2) is 0 Å². The van der Waals surface area contributed by atoms with Crippen LogP contribution in [-0.2, 0) is 14.3 Å². The van der Waals surface area contributed by atoms with E-state index in [0.29, 0.717) is 19.6 Å². The summed E-state index contributed by atoms with van der Waals surface area (Å²) in [4.78, 5) is 26.1. The van der Waals surface area contributed by atoms with Crippen LogP contribution >= 0.6 is 11.8 Å². The zero-order chi connectivity index (χ0) is 16.8. The van der Waals surface area contributed by atoms with Gasteiger partial charge in [0.2, 0.25) is 0 Å². The molecule has 1 saturated heterocycles. The summed E-state index contributed by atoms with van der Waals surface area (Å²) in [6, 6.07) is 0.0661. The molecule has 6 heteroatoms. The number of rotatable bonds is 6. The van der Waals surface area contributed by atoms with Crippen molar-refractivity contribution in [2.24, 2.45) is 5.92 Å². The molecule has 22 heavy (non-hydrogen) atoms. The monoisotopic (exact) mass is 331 g/mol. The molecule has 0 saturated carbocycles. The fraction of sp³-hybridized carbons (Fsp3) is 0.875. The molecule has 1 rings (SSSR count). The van der Waals surface area contributed by atoms with Gasteiger partial charge in [-0.3, -0.25) is 4.79 Å². The van der Waals surface area contributed by atoms with Gasteiger partial charge in [0, 0.05) is 18.3 Å². The van der Waals surface area contributed by atoms with Crippen LogP contribution in [0.1, 0.15) is 47.0 Å². The molecule has 0 radical (unpaired) electrons. The summed E-state index contributed by atoms with van der Waals surface area (Å²) >= 11 is 1.63. The molecular formula is C16H29NO4S. The maximum Gasteiger partial charge on any atom is 0.410 e. The van der Waals surface area contributed by atoms with Crippen LogP contribution in [-0.4, -0.2) is 53.8 Å². The van der Waals surface area contributed by atoms with Gasteiger partial charge in [-0.05, 0) is 53.2 Å². The topological polar surface area (TPSA) is 55.8 Å². The molecule has 0 bridgehead atoms. The highest BCUT2D eigenvalue weighted by Gasteiger charge is 2.35. The molecule has 128 valence electrons. The average molecular weight is 331 g/mol. The van der Waals surface area contributed by atoms with Gasteiger partial charge >= 0.3 is 12.1 Å². The van der Waals surface area contributed by atoms with Gasteiger partial charge < -0.3 is 14.4 Å². The number of ether oxygens (including phenoxy) is 2. The van der Waals surface area contributed by atoms with Gasteiger partial charge in [-0.2, -0.15) is 11.8 Å². The summed E-state index contributed by atoms with van der Waals surface area (Å²) in [7, 11) is 0. The second kappa shape index (κ2) is 8.65. The minimum Gasteiger partial charge on any atom is -0.466 e. The van der Waals surface area contributed by atoms with Crippen molar-refractivity contribution in [1.82, 2.24) is 4.90 Å². The number of carbonyl (C=O) groups is 2. The van der Waals surface area contributed by atoms with Gasteiger partial charge in [0.05, 0.1) is 12.5 Å². The second-order valence-electron chi connectivity index (χ2n) is 6.61. The summed E-state index contributed by atoms with van der Waals surface area (Å²) in [5, 5.41) is 0. The summed E-state index contributed by atoms with van der Waals surface area (Å²) in [6.45, 7) is 8.51. The lowest BCUT2D eigenvalue weighted by Crippen LogP contribution is -2.41. The molecule has 1 aliphatic heterocycles. The smallest absolute Gasteiger partial charge is 0.410 e. The van der Waals surface area contributed by atoms with Crippen LogP contribution in [0.3, 0.4) is 0 Å². The minimum absolute atomic E-state index is 0.0661. The molecule has 0 aliphatic carbocycles. The molecule has 2 atom stereocenters. The van der Waals surface area contributed by atoms with Gasteiger partial charge in [-0.15, -0.1) is 0 Å². The zero-order valence-electron chi connectivity index (χ0n) is 14.4. The van der Waals surface area contributed by atoms with Crippen LogP contribution in [0.15, 0.2) is 0 Å². The molecule has 5 nitrogen and oxygen atoms in total. The first-order valence-electron chi connectivity index (χ1n) is 7.93. The Morgan fingerprint density at radius 2 is 2.05 bits per heavy atom. The predicted molar refractivity (Wildman–Crippen MR) is 89.1 cm³/mol. The molecule has 0 aromatic carbocycles. The minimum atomic E-state index is -0.496. The summed E-state index contributed by atoms with van der Waals surface area (Å²) < 4.78 is 10.6. The molecule has 0 aromatic rings. The third kappa shape index (κ3) is 6.07. The number of hydrogen-bond donors (Lipinski definition) is 0. The van der Waals surface area contributed by atoms with Crippen LogP contribution in [0.2, 0.25) is 0 Å². The number of thioether (sulfide) groups is 1. The molecule has 1 fully saturated rings. The van der Waals surface area contributed by atoms with Crippen molar-refractivity contribution in [3.8, 4) is 0 Å². The van der Waals surface area contributed by atoms with Crippen LogP contribution in [0.5, 0.6) is 0 Å². The second-order valence-corrected chi connectivity index (χ2v) is 7.52. The number of carbonyl (C=O) groups excluding carboxylic acids is 2. The third-order valence-corrected chi connectivity index (χ3v) is 4.29. The highest BCUT2D eigenvalue weighted by molar-refractivity contribution is 7.98. The van der Waals surface area contributed by atoms with Crippen molar-refractivity contribution in [1.29, 1.82) is 0 Å². The van der Waals surface area contributed by atoms with Gasteiger partial charge in [0.1, 0.15) is 5.60 Å². The van der Waals surface area contributed by atoms with E-state index >= 15 is 0 Å². The summed E-state index contributed by atoms with van der Waals surface area (Å²) in [6.07, 6.45) is 4.23. The molecule has 0 aromatic heterocycles. The van der Waals surface area contributed by atoms with E-state index in [-0.39, 0.29) is 24.0 Å². The molecule has 1 unspecified atom stereocenters. The van der Waals surface area contributed by atoms with Gasteiger partial charge in [-0.1, -0.05) is 0 Å². The van der Waals surface area contributed by atoms with Crippen LogP contribution in [0.25, 0.3) is 0 Å². The molecule has 0 N–H and O–H groups in total. The maximum atomic E-state index is 12.3. The highest BCUT2D eigenvalue weighted by Crippen LogP contribution is 2.27. The molecule has 0 spiro atoms. The van der Waals surface area contributed by atoms with Crippen molar-refractivity contribution >= 4 is 23.8 Å². The average Bonchev–Trinajstić information content (AvgIpc) is 2.84. The van der Waals surface area contributed by atoms with Crippen molar-refractivity contribution in [2.75, 3.05) is 25.2 Å². The number of hydrogen-bond acceptors (Lipinski definition) is 5. The van der Waals surface area contributed by atoms with Gasteiger partial charge in [-0.25, -0.2) is 4.79 Å². The number of amides is 1. The highest BCUT2D eigenvalue weighted by atomic mass is 32.2. The standard InChI is InChI=1S/C16H29NO4S/c1-6-20-14(18)12(11-22-5)10-13-8-7-9-17(13)15(19)21-16(2,3)4/h12-13H,6-11H2,1-5H3/t12?,13-/m0/s1. The van der Waals surface area contributed by atoms with E-state index < -0.39 is 5.60 Å². The molecule has 1 aliphatic rings. The fourth-order valence-corrected chi connectivity index (χ4v) is 3.34. The molecular weight excluding hydrogens is 302 g/mol. The first kappa shape index (κ1) is 19.1. The summed E-state index contributed by atoms with van der Waals surface area (Å²) in [5.41, 5.74) is -0.496. The van der Waals surface area contributed by atoms with E-state index in [0.717, 1.165) is 18.6 Å². The van der Waals surface area contributed by atoms with Crippen LogP contribution < -0.4 is 0 Å². The molecule has 1 amide bonds. The van der Waals surface area contributed by atoms with Crippen molar-refractivity contribution < 1.29 is 19.1 Å². The van der Waals surface area contributed by atoms with E-state index in [1.54, 1.807) is 16.7 Å². The normalized spacial score (nSPS) is 19.9. The van der Waals surface area contributed by atoms with Crippen LogP contribution in [0, 0.1) is 5.92 Å². The van der Waals surface area contributed by atoms with Crippen LogP contribution in [0.4, 0.5) is 4.79 Å². The van der Waals surface area contributed by atoms with E-state index in [2.05, 4.69) is 0 Å². The van der Waals surface area contributed by atoms with Crippen molar-refractivity contribution in [2.45, 2.75) is 58.6 Å². The largest absolute Gasteiger partial charge is 0.466 e. The van der Waals surface area contributed by atoms with E-state index in [1.165, 1.54) is 0 Å². The molecule has 1 heterocycles. The summed E-state index contributed by atoms with van der Waals surface area (Å²) in [5.74, 6) is 0.396. The number of likely N-dealkylation sites (tertiary alicyclic amines) is 1. The predicted octanol–water partition coefficient (Wildman–Crippen LogP) is 3.32. The Kier molecular flexibility index (Phi) is 7.53. The first-order valence-corrected chi connectivity index (χ1v) is 9.33. The fourth-order valence-electron chi connectivity index (χ4n) is 2.66. The van der Waals surface area contributed by atoms with E-state index in [9.17, 15) is 9.59 Å². The van der Waals surface area contributed by atoms with Gasteiger partial charge in [0.25, 0.3) is 0 Å².